The highest BCUT2D eigenvalue weighted by Gasteiger charge is 2.11. The first-order valence-electron chi connectivity index (χ1n) is 6.13. The van der Waals surface area contributed by atoms with E-state index in [-0.39, 0.29) is 11.4 Å². The van der Waals surface area contributed by atoms with Gasteiger partial charge in [0.15, 0.2) is 0 Å². The van der Waals surface area contributed by atoms with Crippen molar-refractivity contribution in [3.8, 4) is 0 Å². The average Bonchev–Trinajstić information content (AvgIpc) is 2.38. The molecule has 1 N–H and O–H groups in total. The van der Waals surface area contributed by atoms with Crippen molar-refractivity contribution >= 4 is 11.8 Å². The fourth-order valence-electron chi connectivity index (χ4n) is 2.07. The molecule has 0 aliphatic rings. The smallest absolute Gasteiger partial charge is 0.337 e. The highest BCUT2D eigenvalue weighted by atomic mass is 19.1. The highest BCUT2D eigenvalue weighted by molar-refractivity contribution is 5.87. The van der Waals surface area contributed by atoms with Gasteiger partial charge >= 0.3 is 5.97 Å². The summed E-state index contributed by atoms with van der Waals surface area (Å²) in [6, 6.07) is 7.94. The van der Waals surface area contributed by atoms with Gasteiger partial charge in [-0.3, -0.25) is 0 Å². The number of pyridine rings is 1. The summed E-state index contributed by atoms with van der Waals surface area (Å²) in [7, 11) is 1.83. The van der Waals surface area contributed by atoms with Crippen molar-refractivity contribution in [3.63, 3.8) is 0 Å². The molecule has 0 fully saturated rings. The molecule has 0 bridgehead atoms. The summed E-state index contributed by atoms with van der Waals surface area (Å²) in [6.07, 6.45) is 1.33. The van der Waals surface area contributed by atoms with Crippen LogP contribution in [-0.2, 0) is 6.54 Å². The number of hydrogen-bond acceptors (Lipinski definition) is 3. The number of hydrogen-bond donors (Lipinski definition) is 1. The predicted octanol–water partition coefficient (Wildman–Crippen LogP) is 2.86. The first-order chi connectivity index (χ1) is 9.47. The fraction of sp³-hybridized carbons (Fsp3) is 0.200. The minimum absolute atomic E-state index is 0.158. The molecule has 0 saturated heterocycles. The predicted molar refractivity (Wildman–Crippen MR) is 74.4 cm³/mol. The van der Waals surface area contributed by atoms with Crippen LogP contribution in [0.15, 0.2) is 36.5 Å². The van der Waals surface area contributed by atoms with Gasteiger partial charge in [-0.25, -0.2) is 14.2 Å². The summed E-state index contributed by atoms with van der Waals surface area (Å²) >= 11 is 0. The van der Waals surface area contributed by atoms with Crippen LogP contribution in [0.1, 0.15) is 21.5 Å². The van der Waals surface area contributed by atoms with Crippen LogP contribution in [0, 0.1) is 12.7 Å². The Morgan fingerprint density at radius 3 is 2.75 bits per heavy atom. The lowest BCUT2D eigenvalue weighted by atomic mass is 10.1. The van der Waals surface area contributed by atoms with E-state index in [1.807, 2.05) is 18.0 Å². The van der Waals surface area contributed by atoms with Crippen molar-refractivity contribution < 1.29 is 14.3 Å². The SMILES string of the molecule is Cc1cc(C(=O)O)cnc1N(C)Cc1cccc(F)c1. The zero-order valence-electron chi connectivity index (χ0n) is 11.3. The number of nitrogens with zero attached hydrogens (tertiary/aromatic N) is 2. The number of carboxylic acids is 1. The Hall–Kier alpha value is -2.43. The van der Waals surface area contributed by atoms with E-state index in [2.05, 4.69) is 4.98 Å². The van der Waals surface area contributed by atoms with Gasteiger partial charge in [-0.1, -0.05) is 12.1 Å². The van der Waals surface area contributed by atoms with Crippen LogP contribution in [0.25, 0.3) is 0 Å². The number of aryl methyl sites for hydroxylation is 1. The minimum atomic E-state index is -1.00. The Balaban J connectivity index is 2.21. The Morgan fingerprint density at radius 1 is 1.40 bits per heavy atom. The van der Waals surface area contributed by atoms with Crippen LogP contribution < -0.4 is 4.90 Å². The van der Waals surface area contributed by atoms with E-state index in [1.165, 1.54) is 18.3 Å². The van der Waals surface area contributed by atoms with Gasteiger partial charge in [-0.15, -0.1) is 0 Å². The monoisotopic (exact) mass is 274 g/mol. The number of rotatable bonds is 4. The minimum Gasteiger partial charge on any atom is -0.478 e. The lowest BCUT2D eigenvalue weighted by Gasteiger charge is -2.20. The van der Waals surface area contributed by atoms with Crippen LogP contribution in [0.4, 0.5) is 10.2 Å². The van der Waals surface area contributed by atoms with E-state index < -0.39 is 5.97 Å². The van der Waals surface area contributed by atoms with E-state index in [9.17, 15) is 9.18 Å². The maximum atomic E-state index is 13.1. The first kappa shape index (κ1) is 14.0. The van der Waals surface area contributed by atoms with Crippen molar-refractivity contribution in [2.75, 3.05) is 11.9 Å². The quantitative estimate of drug-likeness (QED) is 0.931. The summed E-state index contributed by atoms with van der Waals surface area (Å²) in [5, 5.41) is 8.91. The number of halogens is 1. The zero-order valence-corrected chi connectivity index (χ0v) is 11.3. The maximum Gasteiger partial charge on any atom is 0.337 e. The zero-order chi connectivity index (χ0) is 14.7. The molecule has 0 saturated carbocycles. The Bertz CT molecular complexity index is 644. The first-order valence-corrected chi connectivity index (χ1v) is 6.13. The van der Waals surface area contributed by atoms with Crippen molar-refractivity contribution in [1.82, 2.24) is 4.98 Å². The molecule has 1 heterocycles. The standard InChI is InChI=1S/C15H15FN2O2/c1-10-6-12(15(19)20)8-17-14(10)18(2)9-11-4-3-5-13(16)7-11/h3-8H,9H2,1-2H3,(H,19,20). The third-order valence-corrected chi connectivity index (χ3v) is 2.97. The topological polar surface area (TPSA) is 53.4 Å². The molecule has 0 atom stereocenters. The van der Waals surface area contributed by atoms with Crippen LogP contribution in [0.2, 0.25) is 0 Å². The fourth-order valence-corrected chi connectivity index (χ4v) is 2.07. The van der Waals surface area contributed by atoms with E-state index in [0.29, 0.717) is 12.4 Å². The van der Waals surface area contributed by atoms with Crippen LogP contribution in [-0.4, -0.2) is 23.1 Å². The summed E-state index contributed by atoms with van der Waals surface area (Å²) in [6.45, 7) is 2.30. The summed E-state index contributed by atoms with van der Waals surface area (Å²) in [4.78, 5) is 16.9. The largest absolute Gasteiger partial charge is 0.478 e. The van der Waals surface area contributed by atoms with Crippen molar-refractivity contribution in [2.24, 2.45) is 0 Å². The van der Waals surface area contributed by atoms with Gasteiger partial charge in [-0.2, -0.15) is 0 Å². The summed E-state index contributed by atoms with van der Waals surface area (Å²) in [5.74, 6) is -0.596. The molecule has 0 aliphatic heterocycles. The third-order valence-electron chi connectivity index (χ3n) is 2.97. The molecule has 4 nitrogen and oxygen atoms in total. The second-order valence-electron chi connectivity index (χ2n) is 4.66. The molecule has 1 aromatic carbocycles. The molecule has 104 valence electrons. The van der Waals surface area contributed by atoms with Crippen LogP contribution in [0.3, 0.4) is 0 Å². The number of carbonyl (C=O) groups is 1. The van der Waals surface area contributed by atoms with E-state index in [4.69, 9.17) is 5.11 Å². The van der Waals surface area contributed by atoms with E-state index in [1.54, 1.807) is 19.1 Å². The molecule has 20 heavy (non-hydrogen) atoms. The second kappa shape index (κ2) is 5.69. The molecule has 2 rings (SSSR count). The lowest BCUT2D eigenvalue weighted by Crippen LogP contribution is -2.19. The second-order valence-corrected chi connectivity index (χ2v) is 4.66. The average molecular weight is 274 g/mol. The number of aromatic carboxylic acids is 1. The van der Waals surface area contributed by atoms with Crippen LogP contribution >= 0.6 is 0 Å². The van der Waals surface area contributed by atoms with Crippen molar-refractivity contribution in [3.05, 3.63) is 59.0 Å². The van der Waals surface area contributed by atoms with Gasteiger partial charge in [0.2, 0.25) is 0 Å². The van der Waals surface area contributed by atoms with Crippen molar-refractivity contribution in [2.45, 2.75) is 13.5 Å². The normalized spacial score (nSPS) is 10.3. The molecule has 5 heteroatoms. The number of carboxylic acid groups (broad SMARTS) is 1. The maximum absolute atomic E-state index is 13.1. The summed E-state index contributed by atoms with van der Waals surface area (Å²) < 4.78 is 13.1. The molecule has 0 spiro atoms. The van der Waals surface area contributed by atoms with Crippen LogP contribution in [0.5, 0.6) is 0 Å². The third kappa shape index (κ3) is 3.12. The van der Waals surface area contributed by atoms with Gasteiger partial charge in [-0.05, 0) is 36.2 Å². The number of aromatic nitrogens is 1. The Morgan fingerprint density at radius 2 is 2.15 bits per heavy atom. The molecule has 2 aromatic rings. The molecule has 0 radical (unpaired) electrons. The van der Waals surface area contributed by atoms with Crippen molar-refractivity contribution in [1.29, 1.82) is 0 Å². The Labute approximate surface area is 116 Å². The van der Waals surface area contributed by atoms with Gasteiger partial charge < -0.3 is 10.0 Å². The van der Waals surface area contributed by atoms with Gasteiger partial charge in [0.25, 0.3) is 0 Å². The molecule has 0 aliphatic carbocycles. The summed E-state index contributed by atoms with van der Waals surface area (Å²) in [5.41, 5.74) is 1.75. The molecule has 0 amide bonds. The molecule has 0 unspecified atom stereocenters. The molecule has 1 aromatic heterocycles. The lowest BCUT2D eigenvalue weighted by molar-refractivity contribution is 0.0696. The highest BCUT2D eigenvalue weighted by Crippen LogP contribution is 2.19. The number of benzene rings is 1. The van der Waals surface area contributed by atoms with E-state index >= 15 is 0 Å². The van der Waals surface area contributed by atoms with Gasteiger partial charge in [0.05, 0.1) is 5.56 Å². The molecular formula is C15H15FN2O2. The van der Waals surface area contributed by atoms with E-state index in [0.717, 1.165) is 11.1 Å². The van der Waals surface area contributed by atoms with Gasteiger partial charge in [0.1, 0.15) is 11.6 Å². The Kier molecular flexibility index (Phi) is 3.98. The number of anilines is 1. The van der Waals surface area contributed by atoms with Gasteiger partial charge in [0, 0.05) is 19.8 Å². The molecular weight excluding hydrogens is 259 g/mol.